The molecule has 0 bridgehead atoms. The van der Waals surface area contributed by atoms with Gasteiger partial charge < -0.3 is 21.1 Å². The van der Waals surface area contributed by atoms with Crippen molar-refractivity contribution in [2.75, 3.05) is 14.1 Å². The number of aliphatic hydroxyl groups excluding tert-OH is 2. The summed E-state index contributed by atoms with van der Waals surface area (Å²) in [6, 6.07) is 2.68. The fourth-order valence-corrected chi connectivity index (χ4v) is 6.37. The maximum atomic E-state index is 13.8. The Hall–Kier alpha value is -3.13. The summed E-state index contributed by atoms with van der Waals surface area (Å²) in [7, 11) is 3.42. The molecule has 36 heavy (non-hydrogen) atoms. The smallest absolute Gasteiger partial charge is 0.255 e. The van der Waals surface area contributed by atoms with E-state index in [-0.39, 0.29) is 34.0 Å². The molecule has 4 rings (SSSR count). The van der Waals surface area contributed by atoms with Gasteiger partial charge in [-0.25, -0.2) is 0 Å². The number of nitrogens with two attached hydrogens (primary N) is 1. The molecule has 8 heteroatoms. The number of primary amides is 1. The number of phenolic OH excluding ortho intramolecular Hbond substituents is 1. The lowest BCUT2D eigenvalue weighted by molar-refractivity contribution is -0.136. The standard InChI is InChI=1S/C28H36N2O6/c1-28(2,3)10-6-7-13-8-9-17(31)19-15(13)11-14-12-16-20(24(33)18(14)23(19)32)25(34)21(27(29)36)26(35)22(16)30(4)5/h8-9,14,16,20,22,31-32,35H,6-7,10-12H2,1-5H3,(H2,29,36). The van der Waals surface area contributed by atoms with Crippen molar-refractivity contribution in [1.82, 2.24) is 4.90 Å². The molecule has 3 aliphatic rings. The Morgan fingerprint density at radius 2 is 1.78 bits per heavy atom. The van der Waals surface area contributed by atoms with Gasteiger partial charge in [-0.15, -0.1) is 0 Å². The van der Waals surface area contributed by atoms with Crippen molar-refractivity contribution in [3.05, 3.63) is 45.7 Å². The largest absolute Gasteiger partial charge is 0.510 e. The zero-order valence-corrected chi connectivity index (χ0v) is 21.6. The number of carbonyl (C=O) groups excluding carboxylic acids is 3. The Kier molecular flexibility index (Phi) is 6.54. The Balaban J connectivity index is 1.79. The van der Waals surface area contributed by atoms with Crippen LogP contribution in [0.25, 0.3) is 5.76 Å². The molecule has 1 fully saturated rings. The number of allylic oxidation sites excluding steroid dienone is 1. The molecule has 1 aromatic carbocycles. The second-order valence-corrected chi connectivity index (χ2v) is 11.8. The van der Waals surface area contributed by atoms with Gasteiger partial charge in [-0.3, -0.25) is 19.3 Å². The van der Waals surface area contributed by atoms with E-state index in [1.165, 1.54) is 6.07 Å². The lowest BCUT2D eigenvalue weighted by atomic mass is 9.59. The Bertz CT molecular complexity index is 1200. The molecule has 1 amide bonds. The third kappa shape index (κ3) is 4.21. The van der Waals surface area contributed by atoms with Crippen LogP contribution < -0.4 is 5.73 Å². The van der Waals surface area contributed by atoms with E-state index < -0.39 is 46.7 Å². The average Bonchev–Trinajstić information content (AvgIpc) is 2.73. The van der Waals surface area contributed by atoms with Crippen LogP contribution >= 0.6 is 0 Å². The topological polar surface area (TPSA) is 141 Å². The summed E-state index contributed by atoms with van der Waals surface area (Å²) in [5.74, 6) is -5.46. The van der Waals surface area contributed by atoms with Crippen molar-refractivity contribution < 1.29 is 29.7 Å². The molecule has 0 aliphatic heterocycles. The highest BCUT2D eigenvalue weighted by Crippen LogP contribution is 2.50. The number of phenols is 1. The second kappa shape index (κ2) is 9.07. The molecule has 0 radical (unpaired) electrons. The number of amides is 1. The third-order valence-corrected chi connectivity index (χ3v) is 7.92. The molecule has 0 heterocycles. The maximum Gasteiger partial charge on any atom is 0.255 e. The molecule has 1 saturated carbocycles. The molecule has 1 aromatic rings. The lowest BCUT2D eigenvalue weighted by Gasteiger charge is -2.46. The van der Waals surface area contributed by atoms with E-state index in [0.29, 0.717) is 12.8 Å². The van der Waals surface area contributed by atoms with Crippen molar-refractivity contribution in [3.63, 3.8) is 0 Å². The molecule has 0 spiro atoms. The summed E-state index contributed by atoms with van der Waals surface area (Å²) in [5, 5.41) is 32.8. The summed E-state index contributed by atoms with van der Waals surface area (Å²) in [5.41, 5.74) is 7.24. The number of rotatable bonds is 5. The van der Waals surface area contributed by atoms with Crippen LogP contribution in [-0.4, -0.2) is 57.8 Å². The number of hydrogen-bond donors (Lipinski definition) is 4. The second-order valence-electron chi connectivity index (χ2n) is 11.8. The highest BCUT2D eigenvalue weighted by Gasteiger charge is 2.55. The minimum absolute atomic E-state index is 0.112. The zero-order chi connectivity index (χ0) is 26.7. The fourth-order valence-electron chi connectivity index (χ4n) is 6.37. The predicted octanol–water partition coefficient (Wildman–Crippen LogP) is 3.22. The van der Waals surface area contributed by atoms with Gasteiger partial charge in [0.15, 0.2) is 11.6 Å². The van der Waals surface area contributed by atoms with Crippen LogP contribution in [0.5, 0.6) is 5.75 Å². The molecule has 8 nitrogen and oxygen atoms in total. The number of ketones is 2. The first-order chi connectivity index (χ1) is 16.7. The number of nitrogens with zero attached hydrogens (tertiary/aromatic N) is 1. The van der Waals surface area contributed by atoms with Gasteiger partial charge in [-0.1, -0.05) is 26.8 Å². The van der Waals surface area contributed by atoms with Crippen LogP contribution in [0, 0.1) is 23.2 Å². The summed E-state index contributed by atoms with van der Waals surface area (Å²) < 4.78 is 0. The summed E-state index contributed by atoms with van der Waals surface area (Å²) in [6.07, 6.45) is 3.53. The van der Waals surface area contributed by atoms with Crippen molar-refractivity contribution in [1.29, 1.82) is 0 Å². The van der Waals surface area contributed by atoms with Crippen LogP contribution in [0.15, 0.2) is 29.0 Å². The number of aryl methyl sites for hydroxylation is 1. The van der Waals surface area contributed by atoms with Crippen LogP contribution in [0.4, 0.5) is 0 Å². The van der Waals surface area contributed by atoms with Gasteiger partial charge in [0.2, 0.25) is 0 Å². The first kappa shape index (κ1) is 25.9. The Labute approximate surface area is 211 Å². The quantitative estimate of drug-likeness (QED) is 0.362. The Morgan fingerprint density at radius 1 is 1.11 bits per heavy atom. The van der Waals surface area contributed by atoms with E-state index in [0.717, 1.165) is 30.4 Å². The fraction of sp³-hybridized carbons (Fsp3) is 0.536. The minimum atomic E-state index is -1.23. The van der Waals surface area contributed by atoms with E-state index >= 15 is 0 Å². The summed E-state index contributed by atoms with van der Waals surface area (Å²) >= 11 is 0. The maximum absolute atomic E-state index is 13.8. The van der Waals surface area contributed by atoms with Crippen molar-refractivity contribution >= 4 is 23.2 Å². The molecule has 194 valence electrons. The van der Waals surface area contributed by atoms with Gasteiger partial charge in [-0.05, 0) is 80.6 Å². The zero-order valence-electron chi connectivity index (χ0n) is 21.6. The molecule has 4 unspecified atom stereocenters. The van der Waals surface area contributed by atoms with Gasteiger partial charge in [0.1, 0.15) is 22.8 Å². The number of carbonyl (C=O) groups is 3. The van der Waals surface area contributed by atoms with Crippen molar-refractivity contribution in [3.8, 4) is 5.75 Å². The summed E-state index contributed by atoms with van der Waals surface area (Å²) in [6.45, 7) is 6.55. The molecule has 3 aliphatic carbocycles. The van der Waals surface area contributed by atoms with E-state index in [1.807, 2.05) is 6.07 Å². The molecular weight excluding hydrogens is 460 g/mol. The Morgan fingerprint density at radius 3 is 2.36 bits per heavy atom. The van der Waals surface area contributed by atoms with E-state index in [9.17, 15) is 29.7 Å². The van der Waals surface area contributed by atoms with E-state index in [4.69, 9.17) is 5.73 Å². The lowest BCUT2D eigenvalue weighted by Crippen LogP contribution is -2.55. The molecular formula is C28H36N2O6. The normalized spacial score (nSPS) is 26.2. The van der Waals surface area contributed by atoms with Gasteiger partial charge in [0.05, 0.1) is 17.5 Å². The van der Waals surface area contributed by atoms with Gasteiger partial charge in [-0.2, -0.15) is 0 Å². The number of fused-ring (bicyclic) bond motifs is 3. The number of aromatic hydroxyl groups is 1. The highest BCUT2D eigenvalue weighted by atomic mass is 16.3. The number of aliphatic hydroxyl groups is 2. The van der Waals surface area contributed by atoms with Gasteiger partial charge >= 0.3 is 0 Å². The number of hydrogen-bond acceptors (Lipinski definition) is 7. The first-order valence-corrected chi connectivity index (χ1v) is 12.5. The van der Waals surface area contributed by atoms with Crippen molar-refractivity contribution in [2.24, 2.45) is 28.9 Å². The van der Waals surface area contributed by atoms with Gasteiger partial charge in [0, 0.05) is 5.57 Å². The molecule has 4 atom stereocenters. The molecule has 0 saturated heterocycles. The SMILES string of the molecule is CN(C)C1C(O)=C(C(N)=O)C(=O)C2C(=O)C3=C(O)c4c(O)ccc(CCCC(C)(C)C)c4CC3CC21. The third-order valence-electron chi connectivity index (χ3n) is 7.92. The predicted molar refractivity (Wildman–Crippen MR) is 135 cm³/mol. The molecule has 5 N–H and O–H groups in total. The highest BCUT2D eigenvalue weighted by molar-refractivity contribution is 6.28. The van der Waals surface area contributed by atoms with Crippen LogP contribution in [0.2, 0.25) is 0 Å². The average molecular weight is 497 g/mol. The molecule has 0 aromatic heterocycles. The van der Waals surface area contributed by atoms with Crippen LogP contribution in [0.3, 0.4) is 0 Å². The number of Topliss-reactive ketones (excluding diaryl/α,β-unsaturated/α-hetero) is 2. The number of likely N-dealkylation sites (N-methyl/N-ethyl adjacent to an activating group) is 1. The summed E-state index contributed by atoms with van der Waals surface area (Å²) in [4.78, 5) is 40.7. The first-order valence-electron chi connectivity index (χ1n) is 12.5. The van der Waals surface area contributed by atoms with E-state index in [2.05, 4.69) is 20.8 Å². The minimum Gasteiger partial charge on any atom is -0.510 e. The van der Waals surface area contributed by atoms with Gasteiger partial charge in [0.25, 0.3) is 5.91 Å². The van der Waals surface area contributed by atoms with E-state index in [1.54, 1.807) is 19.0 Å². The van der Waals surface area contributed by atoms with Crippen LogP contribution in [-0.2, 0) is 27.2 Å². The number of benzene rings is 1. The van der Waals surface area contributed by atoms with Crippen LogP contribution in [0.1, 0.15) is 56.7 Å². The van der Waals surface area contributed by atoms with Crippen molar-refractivity contribution in [2.45, 2.75) is 58.9 Å². The monoisotopic (exact) mass is 496 g/mol.